The van der Waals surface area contributed by atoms with Gasteiger partial charge in [-0.15, -0.1) is 0 Å². The molecule has 0 saturated heterocycles. The molecule has 176 valence electrons. The fourth-order valence-corrected chi connectivity index (χ4v) is 4.89. The minimum atomic E-state index is -0.757. The van der Waals surface area contributed by atoms with E-state index in [1.165, 1.54) is 11.3 Å². The summed E-state index contributed by atoms with van der Waals surface area (Å²) >= 11 is 1.41. The van der Waals surface area contributed by atoms with Crippen molar-refractivity contribution in [2.45, 2.75) is 20.0 Å². The molecule has 0 fully saturated rings. The number of aromatic nitrogens is 1. The van der Waals surface area contributed by atoms with E-state index in [9.17, 15) is 4.79 Å². The maximum Gasteiger partial charge on any atom is 0.273 e. The highest BCUT2D eigenvalue weighted by molar-refractivity contribution is 7.22. The van der Waals surface area contributed by atoms with Crippen LogP contribution in [-0.4, -0.2) is 68.9 Å². The van der Waals surface area contributed by atoms with Crippen molar-refractivity contribution in [3.05, 3.63) is 36.4 Å². The molecule has 1 aliphatic heterocycles. The van der Waals surface area contributed by atoms with Gasteiger partial charge in [-0.25, -0.2) is 4.98 Å². The molecular formula is C24H29N3O5S. The van der Waals surface area contributed by atoms with Gasteiger partial charge in [0, 0.05) is 13.1 Å². The SMILES string of the molecule is CCN(CC)CCN(C(=O)C1COc2ccccc2O1)c1nc2c(OC)ccc(OC)c2s1. The molecule has 4 rings (SSSR count). The number of thiazole rings is 1. The van der Waals surface area contributed by atoms with Gasteiger partial charge in [-0.3, -0.25) is 9.69 Å². The second kappa shape index (κ2) is 10.3. The average molecular weight is 472 g/mol. The highest BCUT2D eigenvalue weighted by atomic mass is 32.1. The molecule has 3 aromatic rings. The quantitative estimate of drug-likeness (QED) is 0.470. The predicted molar refractivity (Wildman–Crippen MR) is 129 cm³/mol. The van der Waals surface area contributed by atoms with Crippen LogP contribution in [0.3, 0.4) is 0 Å². The molecule has 33 heavy (non-hydrogen) atoms. The van der Waals surface area contributed by atoms with E-state index in [0.29, 0.717) is 46.7 Å². The number of methoxy groups -OCH3 is 2. The molecule has 2 heterocycles. The molecule has 0 bridgehead atoms. The average Bonchev–Trinajstić information content (AvgIpc) is 3.30. The third-order valence-electron chi connectivity index (χ3n) is 5.71. The number of rotatable bonds is 9. The molecule has 0 radical (unpaired) electrons. The number of hydrogen-bond acceptors (Lipinski definition) is 8. The summed E-state index contributed by atoms with van der Waals surface area (Å²) in [6.07, 6.45) is -0.757. The molecule has 1 unspecified atom stereocenters. The summed E-state index contributed by atoms with van der Waals surface area (Å²) in [6, 6.07) is 11.0. The van der Waals surface area contributed by atoms with Gasteiger partial charge in [0.2, 0.25) is 6.10 Å². The standard InChI is InChI=1S/C24H29N3O5S/c1-5-26(6-2)13-14-27(23(28)20-15-31-16-9-7-8-10-17(16)32-20)24-25-21-18(29-3)11-12-19(30-4)22(21)33-24/h7-12,20H,5-6,13-15H2,1-4H3. The Balaban J connectivity index is 1.68. The molecule has 8 nitrogen and oxygen atoms in total. The van der Waals surface area contributed by atoms with Crippen molar-refractivity contribution in [1.82, 2.24) is 9.88 Å². The van der Waals surface area contributed by atoms with Gasteiger partial charge in [-0.05, 0) is 37.4 Å². The molecule has 1 aliphatic rings. The smallest absolute Gasteiger partial charge is 0.273 e. The van der Waals surface area contributed by atoms with E-state index >= 15 is 0 Å². The van der Waals surface area contributed by atoms with Crippen molar-refractivity contribution in [1.29, 1.82) is 0 Å². The number of amides is 1. The van der Waals surface area contributed by atoms with Gasteiger partial charge >= 0.3 is 0 Å². The summed E-state index contributed by atoms with van der Waals surface area (Å²) in [6.45, 7) is 7.36. The Labute approximate surface area is 197 Å². The number of para-hydroxylation sites is 2. The molecule has 1 amide bonds. The number of likely N-dealkylation sites (N-methyl/N-ethyl adjacent to an activating group) is 1. The minimum Gasteiger partial charge on any atom is -0.495 e. The third-order valence-corrected chi connectivity index (χ3v) is 6.81. The van der Waals surface area contributed by atoms with Crippen LogP contribution in [0, 0.1) is 0 Å². The van der Waals surface area contributed by atoms with Crippen LogP contribution in [0.1, 0.15) is 13.8 Å². The van der Waals surface area contributed by atoms with Crippen LogP contribution in [0.4, 0.5) is 5.13 Å². The lowest BCUT2D eigenvalue weighted by atomic mass is 10.2. The normalized spacial score (nSPS) is 15.0. The van der Waals surface area contributed by atoms with E-state index in [-0.39, 0.29) is 12.5 Å². The van der Waals surface area contributed by atoms with Crippen LogP contribution < -0.4 is 23.8 Å². The number of hydrogen-bond donors (Lipinski definition) is 0. The summed E-state index contributed by atoms with van der Waals surface area (Å²) in [5.74, 6) is 2.35. The fourth-order valence-electron chi connectivity index (χ4n) is 3.79. The van der Waals surface area contributed by atoms with Crippen molar-refractivity contribution in [3.63, 3.8) is 0 Å². The van der Waals surface area contributed by atoms with E-state index in [1.807, 2.05) is 36.4 Å². The predicted octanol–water partition coefficient (Wildman–Crippen LogP) is 3.83. The van der Waals surface area contributed by atoms with E-state index in [1.54, 1.807) is 19.1 Å². The first-order valence-corrected chi connectivity index (χ1v) is 11.8. The van der Waals surface area contributed by atoms with Crippen LogP contribution in [0.5, 0.6) is 23.0 Å². The van der Waals surface area contributed by atoms with Crippen molar-refractivity contribution < 1.29 is 23.7 Å². The molecule has 0 saturated carbocycles. The Morgan fingerprint density at radius 3 is 2.45 bits per heavy atom. The Bertz CT molecular complexity index is 1070. The second-order valence-electron chi connectivity index (χ2n) is 7.53. The summed E-state index contributed by atoms with van der Waals surface area (Å²) in [4.78, 5) is 22.4. The number of carbonyl (C=O) groups excluding carboxylic acids is 1. The summed E-state index contributed by atoms with van der Waals surface area (Å²) in [5.41, 5.74) is 0.670. The van der Waals surface area contributed by atoms with Crippen LogP contribution in [0.15, 0.2) is 36.4 Å². The zero-order valence-corrected chi connectivity index (χ0v) is 20.2. The molecule has 1 atom stereocenters. The number of ether oxygens (including phenoxy) is 4. The van der Waals surface area contributed by atoms with Gasteiger partial charge in [-0.1, -0.05) is 37.3 Å². The van der Waals surface area contributed by atoms with Gasteiger partial charge in [-0.2, -0.15) is 0 Å². The van der Waals surface area contributed by atoms with Crippen molar-refractivity contribution >= 4 is 32.6 Å². The highest BCUT2D eigenvalue weighted by Gasteiger charge is 2.33. The lowest BCUT2D eigenvalue weighted by Crippen LogP contribution is -2.48. The number of nitrogens with zero attached hydrogens (tertiary/aromatic N) is 3. The molecule has 0 spiro atoms. The third kappa shape index (κ3) is 4.69. The summed E-state index contributed by atoms with van der Waals surface area (Å²) in [7, 11) is 3.23. The number of carbonyl (C=O) groups is 1. The topological polar surface area (TPSA) is 73.4 Å². The van der Waals surface area contributed by atoms with Crippen LogP contribution >= 0.6 is 11.3 Å². The first-order valence-electron chi connectivity index (χ1n) is 11.0. The highest BCUT2D eigenvalue weighted by Crippen LogP contribution is 2.40. The largest absolute Gasteiger partial charge is 0.495 e. The minimum absolute atomic E-state index is 0.148. The molecule has 2 aromatic carbocycles. The Kier molecular flexibility index (Phi) is 7.20. The van der Waals surface area contributed by atoms with Crippen molar-refractivity contribution in [2.24, 2.45) is 0 Å². The Morgan fingerprint density at radius 1 is 1.06 bits per heavy atom. The van der Waals surface area contributed by atoms with Gasteiger partial charge in [0.1, 0.15) is 28.3 Å². The van der Waals surface area contributed by atoms with Crippen LogP contribution in [0.25, 0.3) is 10.2 Å². The van der Waals surface area contributed by atoms with Gasteiger partial charge in [0.05, 0.1) is 14.2 Å². The van der Waals surface area contributed by atoms with Crippen LogP contribution in [0.2, 0.25) is 0 Å². The Morgan fingerprint density at radius 2 is 1.76 bits per heavy atom. The Hall–Kier alpha value is -3.04. The van der Waals surface area contributed by atoms with Gasteiger partial charge in [0.15, 0.2) is 16.6 Å². The van der Waals surface area contributed by atoms with E-state index in [4.69, 9.17) is 23.9 Å². The van der Waals surface area contributed by atoms with Crippen LogP contribution in [-0.2, 0) is 4.79 Å². The maximum absolute atomic E-state index is 13.7. The zero-order valence-electron chi connectivity index (χ0n) is 19.4. The van der Waals surface area contributed by atoms with Gasteiger partial charge in [0.25, 0.3) is 5.91 Å². The van der Waals surface area contributed by atoms with Gasteiger partial charge < -0.3 is 23.8 Å². The van der Waals surface area contributed by atoms with E-state index in [0.717, 1.165) is 17.8 Å². The van der Waals surface area contributed by atoms with E-state index in [2.05, 4.69) is 18.7 Å². The summed E-state index contributed by atoms with van der Waals surface area (Å²) < 4.78 is 23.7. The zero-order chi connectivity index (χ0) is 23.4. The monoisotopic (exact) mass is 471 g/mol. The second-order valence-corrected chi connectivity index (χ2v) is 8.50. The lowest BCUT2D eigenvalue weighted by Gasteiger charge is -2.30. The molecular weight excluding hydrogens is 442 g/mol. The molecule has 9 heteroatoms. The van der Waals surface area contributed by atoms with Crippen molar-refractivity contribution in [3.8, 4) is 23.0 Å². The maximum atomic E-state index is 13.7. The first kappa shape index (κ1) is 23.1. The van der Waals surface area contributed by atoms with Crippen molar-refractivity contribution in [2.75, 3.05) is 51.9 Å². The molecule has 1 aromatic heterocycles. The lowest BCUT2D eigenvalue weighted by molar-refractivity contribution is -0.127. The number of fused-ring (bicyclic) bond motifs is 2. The molecule has 0 N–H and O–H groups in total. The molecule has 0 aliphatic carbocycles. The number of benzene rings is 2. The fraction of sp³-hybridized carbons (Fsp3) is 0.417. The van der Waals surface area contributed by atoms with E-state index < -0.39 is 6.10 Å². The number of anilines is 1. The summed E-state index contributed by atoms with van der Waals surface area (Å²) in [5, 5.41) is 0.576. The first-order chi connectivity index (χ1) is 16.1.